The molecule has 9 aromatic carbocycles. The Morgan fingerprint density at radius 2 is 1.13 bits per heavy atom. The molecule has 14 rings (SSSR count). The first-order valence-corrected chi connectivity index (χ1v) is 20.9. The Hall–Kier alpha value is -7.40. The van der Waals surface area contributed by atoms with E-state index < -0.39 is 278 Å². The summed E-state index contributed by atoms with van der Waals surface area (Å²) < 4.78 is 302. The van der Waals surface area contributed by atoms with Crippen LogP contribution in [0.3, 0.4) is 0 Å². The fraction of sp³-hybridized carbons (Fsp3) is 0.0526. The average molecular weight is 826 g/mol. The topological polar surface area (TPSA) is 23.0 Å². The zero-order valence-corrected chi connectivity index (χ0v) is 32.2. The molecule has 0 aliphatic carbocycles. The van der Waals surface area contributed by atoms with E-state index in [0.717, 1.165) is 4.57 Å². The van der Waals surface area contributed by atoms with E-state index in [-0.39, 0.29) is 55.3 Å². The predicted octanol–water partition coefficient (Wildman–Crippen LogP) is 11.3. The van der Waals surface area contributed by atoms with E-state index in [9.17, 15) is 27.4 Å². The molecule has 1 unspecified atom stereocenters. The van der Waals surface area contributed by atoms with Crippen LogP contribution in [0.4, 0.5) is 0 Å². The van der Waals surface area contributed by atoms with Crippen molar-refractivity contribution >= 4 is 94.4 Å². The summed E-state index contributed by atoms with van der Waals surface area (Å²) in [6.45, 7) is 1.22. The number of rotatable bonds is 5. The first-order valence-electron chi connectivity index (χ1n) is 34.4. The van der Waals surface area contributed by atoms with E-state index in [2.05, 4.69) is 0 Å². The van der Waals surface area contributed by atoms with Crippen molar-refractivity contribution in [2.75, 3.05) is 0 Å². The molecule has 2 aliphatic heterocycles. The van der Waals surface area contributed by atoms with Gasteiger partial charge in [-0.15, -0.1) is 0 Å². The minimum atomic E-state index is -6.33. The summed E-state index contributed by atoms with van der Waals surface area (Å²) in [5.74, 6) is 0. The Labute approximate surface area is 396 Å². The van der Waals surface area contributed by atoms with Gasteiger partial charge in [0.2, 0.25) is 0 Å². The van der Waals surface area contributed by atoms with E-state index >= 15 is 0 Å². The van der Waals surface area contributed by atoms with Gasteiger partial charge in [0, 0.05) is 50.8 Å². The molecule has 5 heterocycles. The highest BCUT2D eigenvalue weighted by Gasteiger charge is 2.47. The number of fused-ring (bicyclic) bond motifs is 7. The lowest BCUT2D eigenvalue weighted by Gasteiger charge is -2.39. The van der Waals surface area contributed by atoms with Gasteiger partial charge in [-0.3, -0.25) is 0 Å². The Bertz CT molecular complexity index is 5480. The van der Waals surface area contributed by atoms with Crippen molar-refractivity contribution in [1.29, 1.82) is 0 Å². The van der Waals surface area contributed by atoms with Crippen molar-refractivity contribution in [1.82, 2.24) is 9.13 Å². The molecule has 286 valence electrons. The molecule has 0 fully saturated rings. The fourth-order valence-electron chi connectivity index (χ4n) is 9.36. The number of para-hydroxylation sites is 5. The molecule has 3 nitrogen and oxygen atoms in total. The summed E-state index contributed by atoms with van der Waals surface area (Å²) in [5, 5.41) is -5.87. The third kappa shape index (κ3) is 4.32. The lowest BCUT2D eigenvalue weighted by atomic mass is 9.91. The molecule has 12 aromatic rings. The maximum absolute atomic E-state index is 10.7. The molecule has 0 radical (unpaired) electrons. The van der Waals surface area contributed by atoms with Crippen LogP contribution in [0, 0.1) is 6.92 Å². The van der Waals surface area contributed by atoms with Gasteiger partial charge in [0.15, 0.2) is 8.07 Å². The minimum Gasteiger partial charge on any atom is -0.456 e. The van der Waals surface area contributed by atoms with Gasteiger partial charge in [-0.1, -0.05) is 163 Å². The van der Waals surface area contributed by atoms with Crippen LogP contribution in [0.25, 0.3) is 76.9 Å². The Balaban J connectivity index is 1.28. The molecular weight excluding hydrogens is 757 g/mol. The van der Waals surface area contributed by atoms with Crippen molar-refractivity contribution in [2.24, 2.45) is 0 Å². The van der Waals surface area contributed by atoms with E-state index in [4.69, 9.17) is 19.5 Å². The van der Waals surface area contributed by atoms with Gasteiger partial charge in [-0.05, 0) is 80.1 Å². The normalized spacial score (nSPS) is 21.1. The Kier molecular flexibility index (Phi) is 3.09. The monoisotopic (exact) mass is 825 g/mol. The third-order valence-electron chi connectivity index (χ3n) is 11.7. The summed E-state index contributed by atoms with van der Waals surface area (Å²) in [6.07, 6.45) is -1.38. The Morgan fingerprint density at radius 3 is 1.93 bits per heavy atom. The molecule has 0 amide bonds. The molecular formula is C57H38N2OSi. The molecule has 0 bridgehead atoms. The highest BCUT2D eigenvalue weighted by molar-refractivity contribution is 7.21. The second-order valence-corrected chi connectivity index (χ2v) is 18.3. The number of hydrogen-bond donors (Lipinski definition) is 0. The van der Waals surface area contributed by atoms with E-state index in [1.165, 1.54) is 11.5 Å². The van der Waals surface area contributed by atoms with E-state index in [1.807, 2.05) is 0 Å². The first-order chi connectivity index (χ1) is 43.1. The fourth-order valence-corrected chi connectivity index (χ4v) is 13.5. The van der Waals surface area contributed by atoms with Crippen molar-refractivity contribution in [3.8, 4) is 11.4 Å². The number of furan rings is 1. The van der Waals surface area contributed by atoms with Crippen LogP contribution < -0.4 is 20.7 Å². The van der Waals surface area contributed by atoms with Crippen LogP contribution in [0.5, 0.6) is 0 Å². The molecule has 0 N–H and O–H groups in total. The maximum atomic E-state index is 10.7. The zero-order chi connectivity index (χ0) is 67.0. The van der Waals surface area contributed by atoms with Crippen LogP contribution in [-0.2, 0) is 12.8 Å². The quantitative estimate of drug-likeness (QED) is 0.125. The molecule has 0 saturated carbocycles. The van der Waals surface area contributed by atoms with Crippen LogP contribution in [0.2, 0.25) is 0 Å². The summed E-state index contributed by atoms with van der Waals surface area (Å²) in [5.41, 5.74) is -4.64. The van der Waals surface area contributed by atoms with E-state index in [0.29, 0.717) is 0 Å². The van der Waals surface area contributed by atoms with Gasteiger partial charge >= 0.3 is 0 Å². The van der Waals surface area contributed by atoms with Crippen molar-refractivity contribution in [3.05, 3.63) is 215 Å². The standard InChI is InChI=1S/C57H38N2OSi/c1-35-25-28-41(29-26-35)61(40-14-3-2-4-15-40,53-24-12-20-46-44-18-7-10-23-51(44)60-57(46)53)52-30-27-37-31-38-32-39(58-49-21-8-5-16-42(49)43-17-6-9-22-50(43)58)34-47-45-19-11-13-36-33-48(52)55(37)59(54(36)45)56(38)47/h2-30,32,34H,31,33H2,1H3/i2D,3D,4D,5D,6D,7D,8D,9D,10D,11D,12D,13D,14D,15D,16D,17D,18D,19D,20D,21D,22D,23D,24D,25D,26D,27D,28D,29D,30D,32D,34D. The molecule has 61 heavy (non-hydrogen) atoms. The van der Waals surface area contributed by atoms with Crippen molar-refractivity contribution in [2.45, 2.75) is 19.8 Å². The zero-order valence-electron chi connectivity index (χ0n) is 62.2. The van der Waals surface area contributed by atoms with Crippen LogP contribution in [0.1, 0.15) is 70.3 Å². The average Bonchev–Trinajstić information content (AvgIpc) is 1.24. The summed E-state index contributed by atoms with van der Waals surface area (Å²) in [4.78, 5) is 0. The van der Waals surface area contributed by atoms with Gasteiger partial charge in [0.1, 0.15) is 11.2 Å². The van der Waals surface area contributed by atoms with Gasteiger partial charge in [-0.2, -0.15) is 0 Å². The van der Waals surface area contributed by atoms with Crippen molar-refractivity contribution < 1.29 is 46.9 Å². The Morgan fingerprint density at radius 1 is 0.475 bits per heavy atom. The highest BCUT2D eigenvalue weighted by Crippen LogP contribution is 2.47. The summed E-state index contributed by atoms with van der Waals surface area (Å²) in [6, 6.07) is -27.3. The SMILES string of the molecule is [2H]c1c([2H])c([2H])c([Si](c2c([2H])c([2H])c(C)c([2H])c2[2H])(c2c([2H])c([2H])c3c4c2Cc2c([2H])c([2H])c([2H])c5c6c([2H])c(-n7c8c([2H])c([2H])c([2H])c([2H])c8c8c([2H])c([2H])c([2H])c([2H])c87)c([2H])c(c6n-4c25)C3)c2c([2H])c([2H])c([2H])c3c2oc2c([2H])c([2H])c([2H])c([2H])c23)c([2H])c1[2H]. The van der Waals surface area contributed by atoms with Gasteiger partial charge < -0.3 is 13.6 Å². The van der Waals surface area contributed by atoms with Crippen LogP contribution in [0.15, 0.2) is 192 Å². The van der Waals surface area contributed by atoms with Crippen LogP contribution >= 0.6 is 0 Å². The second-order valence-electron chi connectivity index (χ2n) is 14.8. The number of hydrogen-bond acceptors (Lipinski definition) is 1. The van der Waals surface area contributed by atoms with Gasteiger partial charge in [-0.25, -0.2) is 0 Å². The minimum absolute atomic E-state index is 0.120. The maximum Gasteiger partial charge on any atom is 0.184 e. The van der Waals surface area contributed by atoms with E-state index in [1.54, 1.807) is 0 Å². The van der Waals surface area contributed by atoms with Gasteiger partial charge in [0.25, 0.3) is 0 Å². The molecule has 4 heteroatoms. The smallest absolute Gasteiger partial charge is 0.184 e. The van der Waals surface area contributed by atoms with Crippen molar-refractivity contribution in [3.63, 3.8) is 0 Å². The molecule has 0 spiro atoms. The molecule has 1 atom stereocenters. The predicted molar refractivity (Wildman–Crippen MR) is 256 cm³/mol. The molecule has 2 aliphatic rings. The van der Waals surface area contributed by atoms with Gasteiger partial charge in [0.05, 0.1) is 70.2 Å². The second kappa shape index (κ2) is 12.1. The third-order valence-corrected chi connectivity index (χ3v) is 16.0. The number of nitrogens with zero attached hydrogens (tertiary/aromatic N) is 2. The molecule has 0 saturated heterocycles. The lowest BCUT2D eigenvalue weighted by molar-refractivity contribution is 0.671. The summed E-state index contributed by atoms with van der Waals surface area (Å²) >= 11 is 0. The molecule has 3 aromatic heterocycles. The highest BCUT2D eigenvalue weighted by atomic mass is 28.3. The first kappa shape index (κ1) is 15.6. The number of aromatic nitrogens is 2. The summed E-state index contributed by atoms with van der Waals surface area (Å²) in [7, 11) is -6.33. The number of benzene rings is 9. The van der Waals surface area contributed by atoms with Crippen LogP contribution in [-0.4, -0.2) is 17.2 Å². The largest absolute Gasteiger partial charge is 0.456 e. The lowest BCUT2D eigenvalue weighted by Crippen LogP contribution is -2.75.